The molecular weight excluding hydrogens is 252 g/mol. The van der Waals surface area contributed by atoms with Gasteiger partial charge in [0, 0.05) is 24.7 Å². The minimum absolute atomic E-state index is 0.0956. The smallest absolute Gasteiger partial charge is 0.227 e. The van der Waals surface area contributed by atoms with Crippen LogP contribution in [0.2, 0.25) is 0 Å². The quantitative estimate of drug-likeness (QED) is 0.924. The summed E-state index contributed by atoms with van der Waals surface area (Å²) in [4.78, 5) is 18.4. The van der Waals surface area contributed by atoms with Crippen LogP contribution >= 0.6 is 0 Å². The molecule has 1 aromatic carbocycles. The van der Waals surface area contributed by atoms with Gasteiger partial charge in [-0.25, -0.2) is 0 Å². The van der Waals surface area contributed by atoms with E-state index in [-0.39, 0.29) is 18.1 Å². The second kappa shape index (κ2) is 5.21. The molecule has 1 amide bonds. The minimum Gasteiger partial charge on any atom is -0.393 e. The number of carbonyl (C=O) groups excluding carboxylic acids is 1. The second-order valence-electron chi connectivity index (χ2n) is 5.45. The Hall–Kier alpha value is -1.94. The fraction of sp³-hybridized carbons (Fsp3) is 0.375. The van der Waals surface area contributed by atoms with Gasteiger partial charge < -0.3 is 10.0 Å². The maximum absolute atomic E-state index is 12.3. The molecule has 1 aliphatic rings. The van der Waals surface area contributed by atoms with Crippen LogP contribution in [0, 0.1) is 0 Å². The topological polar surface area (TPSA) is 53.4 Å². The van der Waals surface area contributed by atoms with Crippen molar-refractivity contribution in [3.63, 3.8) is 0 Å². The van der Waals surface area contributed by atoms with Crippen molar-refractivity contribution in [1.29, 1.82) is 0 Å². The zero-order valence-corrected chi connectivity index (χ0v) is 11.5. The van der Waals surface area contributed by atoms with E-state index in [1.165, 1.54) is 0 Å². The summed E-state index contributed by atoms with van der Waals surface area (Å²) in [5, 5.41) is 10.4. The lowest BCUT2D eigenvalue weighted by Crippen LogP contribution is -2.48. The Morgan fingerprint density at radius 3 is 2.90 bits per heavy atom. The first-order valence-corrected chi connectivity index (χ1v) is 6.91. The maximum Gasteiger partial charge on any atom is 0.227 e. The largest absolute Gasteiger partial charge is 0.393 e. The third-order valence-electron chi connectivity index (χ3n) is 4.11. The van der Waals surface area contributed by atoms with Crippen molar-refractivity contribution in [3.05, 3.63) is 42.1 Å². The molecule has 0 saturated heterocycles. The summed E-state index contributed by atoms with van der Waals surface area (Å²) in [6.45, 7) is 0. The lowest BCUT2D eigenvalue weighted by molar-refractivity contribution is -0.135. The number of benzene rings is 1. The minimum atomic E-state index is -0.239. The van der Waals surface area contributed by atoms with Gasteiger partial charge in [-0.3, -0.25) is 9.78 Å². The van der Waals surface area contributed by atoms with Crippen molar-refractivity contribution in [3.8, 4) is 0 Å². The molecule has 0 radical (unpaired) electrons. The highest BCUT2D eigenvalue weighted by atomic mass is 16.3. The van der Waals surface area contributed by atoms with Gasteiger partial charge >= 0.3 is 0 Å². The molecule has 3 rings (SSSR count). The van der Waals surface area contributed by atoms with Crippen molar-refractivity contribution in [2.24, 2.45) is 0 Å². The number of pyridine rings is 1. The molecule has 0 aliphatic heterocycles. The molecule has 1 fully saturated rings. The highest BCUT2D eigenvalue weighted by Crippen LogP contribution is 2.25. The Kier molecular flexibility index (Phi) is 3.40. The molecule has 1 aromatic heterocycles. The lowest BCUT2D eigenvalue weighted by Gasteiger charge is -2.38. The molecule has 0 unspecified atom stereocenters. The first-order chi connectivity index (χ1) is 9.65. The zero-order chi connectivity index (χ0) is 14.1. The third-order valence-corrected chi connectivity index (χ3v) is 4.11. The summed E-state index contributed by atoms with van der Waals surface area (Å²) in [6, 6.07) is 9.94. The maximum atomic E-state index is 12.3. The molecule has 104 valence electrons. The Morgan fingerprint density at radius 2 is 2.15 bits per heavy atom. The van der Waals surface area contributed by atoms with Gasteiger partial charge in [-0.15, -0.1) is 0 Å². The summed E-state index contributed by atoms with van der Waals surface area (Å²) in [5.41, 5.74) is 1.92. The Morgan fingerprint density at radius 1 is 1.35 bits per heavy atom. The van der Waals surface area contributed by atoms with Crippen LogP contribution in [0.3, 0.4) is 0 Å². The van der Waals surface area contributed by atoms with Crippen LogP contribution in [-0.2, 0) is 11.2 Å². The van der Waals surface area contributed by atoms with E-state index in [1.807, 2.05) is 37.4 Å². The van der Waals surface area contributed by atoms with E-state index >= 15 is 0 Å². The number of hydrogen-bond donors (Lipinski definition) is 1. The Balaban J connectivity index is 1.77. The number of hydrogen-bond acceptors (Lipinski definition) is 3. The van der Waals surface area contributed by atoms with Gasteiger partial charge in [0.25, 0.3) is 0 Å². The fourth-order valence-corrected chi connectivity index (χ4v) is 2.69. The molecule has 4 nitrogen and oxygen atoms in total. The molecular formula is C16H18N2O2. The average Bonchev–Trinajstić information content (AvgIpc) is 2.43. The van der Waals surface area contributed by atoms with Gasteiger partial charge in [0.15, 0.2) is 0 Å². The normalized spacial score (nSPS) is 21.5. The lowest BCUT2D eigenvalue weighted by atomic mass is 9.88. The standard InChI is InChI=1S/C16H18N2O2/c1-18(12-9-13(19)10-12)16(20)8-11-4-2-6-15-14(11)5-3-7-17-15/h2-7,12-13,19H,8-10H2,1H3. The number of rotatable bonds is 3. The third kappa shape index (κ3) is 2.39. The summed E-state index contributed by atoms with van der Waals surface area (Å²) in [5.74, 6) is 0.0956. The molecule has 0 atom stereocenters. The van der Waals surface area contributed by atoms with E-state index in [1.54, 1.807) is 11.1 Å². The fourth-order valence-electron chi connectivity index (χ4n) is 2.69. The Labute approximate surface area is 118 Å². The van der Waals surface area contributed by atoms with E-state index in [0.29, 0.717) is 19.3 Å². The van der Waals surface area contributed by atoms with Crippen LogP contribution in [0.4, 0.5) is 0 Å². The number of aliphatic hydroxyl groups is 1. The van der Waals surface area contributed by atoms with Crippen LogP contribution in [0.15, 0.2) is 36.5 Å². The summed E-state index contributed by atoms with van der Waals surface area (Å²) < 4.78 is 0. The van der Waals surface area contributed by atoms with Crippen LogP contribution in [0.5, 0.6) is 0 Å². The zero-order valence-electron chi connectivity index (χ0n) is 11.5. The van der Waals surface area contributed by atoms with E-state index in [9.17, 15) is 9.90 Å². The molecule has 0 bridgehead atoms. The number of likely N-dealkylation sites (N-methyl/N-ethyl adjacent to an activating group) is 1. The van der Waals surface area contributed by atoms with Crippen LogP contribution in [-0.4, -0.2) is 40.1 Å². The van der Waals surface area contributed by atoms with Gasteiger partial charge in [0.2, 0.25) is 5.91 Å². The number of aliphatic hydroxyl groups excluding tert-OH is 1. The number of aromatic nitrogens is 1. The highest BCUT2D eigenvalue weighted by Gasteiger charge is 2.32. The first kappa shape index (κ1) is 13.1. The molecule has 20 heavy (non-hydrogen) atoms. The molecule has 4 heteroatoms. The number of carbonyl (C=O) groups is 1. The number of fused-ring (bicyclic) bond motifs is 1. The SMILES string of the molecule is CN(C(=O)Cc1cccc2ncccc12)C1CC(O)C1. The van der Waals surface area contributed by atoms with Crippen LogP contribution in [0.1, 0.15) is 18.4 Å². The molecule has 1 saturated carbocycles. The summed E-state index contributed by atoms with van der Waals surface area (Å²) >= 11 is 0. The van der Waals surface area contributed by atoms with Gasteiger partial charge in [0.1, 0.15) is 0 Å². The molecule has 1 heterocycles. The van der Waals surface area contributed by atoms with Crippen LogP contribution in [0.25, 0.3) is 10.9 Å². The van der Waals surface area contributed by atoms with E-state index < -0.39 is 0 Å². The van der Waals surface area contributed by atoms with Gasteiger partial charge in [-0.2, -0.15) is 0 Å². The van der Waals surface area contributed by atoms with E-state index in [4.69, 9.17) is 0 Å². The van der Waals surface area contributed by atoms with Gasteiger partial charge in [0.05, 0.1) is 18.0 Å². The molecule has 2 aromatic rings. The van der Waals surface area contributed by atoms with E-state index in [2.05, 4.69) is 4.98 Å². The van der Waals surface area contributed by atoms with Gasteiger partial charge in [-0.1, -0.05) is 18.2 Å². The second-order valence-corrected chi connectivity index (χ2v) is 5.45. The van der Waals surface area contributed by atoms with Gasteiger partial charge in [-0.05, 0) is 30.5 Å². The Bertz CT molecular complexity index is 630. The molecule has 1 aliphatic carbocycles. The highest BCUT2D eigenvalue weighted by molar-refractivity contribution is 5.88. The molecule has 0 spiro atoms. The predicted octanol–water partition coefficient (Wildman–Crippen LogP) is 1.76. The first-order valence-electron chi connectivity index (χ1n) is 6.91. The van der Waals surface area contributed by atoms with Crippen molar-refractivity contribution < 1.29 is 9.90 Å². The van der Waals surface area contributed by atoms with Crippen molar-refractivity contribution in [1.82, 2.24) is 9.88 Å². The van der Waals surface area contributed by atoms with Crippen molar-refractivity contribution >= 4 is 16.8 Å². The average molecular weight is 270 g/mol. The summed E-state index contributed by atoms with van der Waals surface area (Å²) in [7, 11) is 1.82. The van der Waals surface area contributed by atoms with Crippen LogP contribution < -0.4 is 0 Å². The summed E-state index contributed by atoms with van der Waals surface area (Å²) in [6.07, 6.45) is 3.29. The number of amides is 1. The molecule has 1 N–H and O–H groups in total. The predicted molar refractivity (Wildman–Crippen MR) is 77.2 cm³/mol. The van der Waals surface area contributed by atoms with E-state index in [0.717, 1.165) is 16.5 Å². The van der Waals surface area contributed by atoms with Crippen molar-refractivity contribution in [2.75, 3.05) is 7.05 Å². The monoisotopic (exact) mass is 270 g/mol. The number of nitrogens with zero attached hydrogens (tertiary/aromatic N) is 2. The van der Waals surface area contributed by atoms with Crippen molar-refractivity contribution in [2.45, 2.75) is 31.4 Å².